The van der Waals surface area contributed by atoms with E-state index in [1.807, 2.05) is 0 Å². The van der Waals surface area contributed by atoms with Gasteiger partial charge < -0.3 is 14.8 Å². The third kappa shape index (κ3) is 4.92. The number of aromatic nitrogens is 2. The zero-order chi connectivity index (χ0) is 24.0. The van der Waals surface area contributed by atoms with Crippen molar-refractivity contribution in [2.24, 2.45) is 12.5 Å². The fourth-order valence-corrected chi connectivity index (χ4v) is 4.83. The van der Waals surface area contributed by atoms with E-state index in [0.717, 1.165) is 16.8 Å². The minimum absolute atomic E-state index is 0.0442. The van der Waals surface area contributed by atoms with Crippen molar-refractivity contribution in [2.45, 2.75) is 37.4 Å². The Balaban J connectivity index is 1.19. The molecule has 0 aliphatic heterocycles. The molecular weight excluding hydrogens is 470 g/mol. The largest absolute Gasteiger partial charge is 0.484 e. The highest BCUT2D eigenvalue weighted by molar-refractivity contribution is 6.30. The van der Waals surface area contributed by atoms with Crippen LogP contribution in [0, 0.1) is 11.2 Å². The van der Waals surface area contributed by atoms with Crippen LogP contribution in [0.25, 0.3) is 0 Å². The first-order valence-electron chi connectivity index (χ1n) is 10.0. The number of alkyl halides is 3. The molecule has 1 aromatic heterocycles. The van der Waals surface area contributed by atoms with Gasteiger partial charge in [-0.15, -0.1) is 0 Å². The van der Waals surface area contributed by atoms with Gasteiger partial charge in [0.2, 0.25) is 5.88 Å². The molecule has 0 radical (unpaired) electrons. The molecule has 178 valence electrons. The Morgan fingerprint density at radius 3 is 2.48 bits per heavy atom. The van der Waals surface area contributed by atoms with Crippen molar-refractivity contribution in [1.29, 1.82) is 0 Å². The lowest BCUT2D eigenvalue weighted by molar-refractivity contribution is -0.173. The highest BCUT2D eigenvalue weighted by Gasteiger charge is 2.68. The van der Waals surface area contributed by atoms with E-state index < -0.39 is 17.7 Å². The summed E-state index contributed by atoms with van der Waals surface area (Å²) < 4.78 is 62.9. The molecule has 0 saturated heterocycles. The van der Waals surface area contributed by atoms with E-state index in [9.17, 15) is 27.2 Å². The molecular formula is C21H20ClF4N3O4. The van der Waals surface area contributed by atoms with Crippen LogP contribution in [-0.4, -0.2) is 40.2 Å². The minimum Gasteiger partial charge on any atom is -0.484 e. The molecule has 1 heterocycles. The Hall–Kier alpha value is -2.82. The number of amides is 1. The van der Waals surface area contributed by atoms with Crippen molar-refractivity contribution in [3.05, 3.63) is 40.8 Å². The van der Waals surface area contributed by atoms with Crippen LogP contribution >= 0.6 is 11.6 Å². The zero-order valence-corrected chi connectivity index (χ0v) is 18.2. The Bertz CT molecular complexity index is 1080. The number of hydrogen-bond donors (Lipinski definition) is 1. The van der Waals surface area contributed by atoms with Crippen LogP contribution in [0.3, 0.4) is 0 Å². The van der Waals surface area contributed by atoms with Gasteiger partial charge in [0.1, 0.15) is 18.2 Å². The van der Waals surface area contributed by atoms with E-state index in [-0.39, 0.29) is 58.9 Å². The van der Waals surface area contributed by atoms with Gasteiger partial charge in [-0.05, 0) is 36.8 Å². The average Bonchev–Trinajstić information content (AvgIpc) is 3.06. The maximum atomic E-state index is 13.4. The summed E-state index contributed by atoms with van der Waals surface area (Å²) in [6.07, 6.45) is -2.51. The summed E-state index contributed by atoms with van der Waals surface area (Å²) in [5, 5.41) is 6.18. The number of halogens is 5. The number of nitrogens with one attached hydrogen (secondary N) is 1. The first-order valence-corrected chi connectivity index (χ1v) is 10.4. The van der Waals surface area contributed by atoms with Gasteiger partial charge in [0.15, 0.2) is 18.1 Å². The maximum Gasteiger partial charge on any atom is 0.435 e. The molecule has 1 N–H and O–H groups in total. The number of carbonyl (C=O) groups excluding carboxylic acids is 2. The van der Waals surface area contributed by atoms with E-state index in [1.54, 1.807) is 0 Å². The highest BCUT2D eigenvalue weighted by atomic mass is 35.5. The molecule has 0 atom stereocenters. The van der Waals surface area contributed by atoms with Crippen molar-refractivity contribution in [2.75, 3.05) is 13.2 Å². The molecule has 1 aromatic carbocycles. The van der Waals surface area contributed by atoms with Crippen LogP contribution in [0.5, 0.6) is 11.6 Å². The monoisotopic (exact) mass is 489 g/mol. The average molecular weight is 490 g/mol. The summed E-state index contributed by atoms with van der Waals surface area (Å²) in [5.74, 6) is -1.20. The number of ether oxygens (including phenoxy) is 2. The molecule has 33 heavy (non-hydrogen) atoms. The summed E-state index contributed by atoms with van der Waals surface area (Å²) in [7, 11) is 1.30. The molecule has 2 bridgehead atoms. The predicted octanol–water partition coefficient (Wildman–Crippen LogP) is 3.69. The van der Waals surface area contributed by atoms with Gasteiger partial charge in [0, 0.05) is 31.1 Å². The highest BCUT2D eigenvalue weighted by Crippen LogP contribution is 2.69. The zero-order valence-electron chi connectivity index (χ0n) is 17.5. The summed E-state index contributed by atoms with van der Waals surface area (Å²) in [6, 6.07) is 4.63. The van der Waals surface area contributed by atoms with Crippen LogP contribution in [-0.2, 0) is 22.8 Å². The van der Waals surface area contributed by atoms with Gasteiger partial charge in [-0.2, -0.15) is 18.3 Å². The fourth-order valence-electron chi connectivity index (χ4n) is 4.71. The molecule has 12 heteroatoms. The van der Waals surface area contributed by atoms with Crippen LogP contribution in [0.1, 0.15) is 31.4 Å². The molecule has 3 saturated carbocycles. The van der Waals surface area contributed by atoms with Crippen molar-refractivity contribution in [1.82, 2.24) is 15.1 Å². The molecule has 1 amide bonds. The Morgan fingerprint density at radius 2 is 1.88 bits per heavy atom. The number of rotatable bonds is 9. The molecule has 7 nitrogen and oxygen atoms in total. The van der Waals surface area contributed by atoms with E-state index in [0.29, 0.717) is 19.3 Å². The first-order chi connectivity index (χ1) is 15.4. The second-order valence-corrected chi connectivity index (χ2v) is 9.12. The van der Waals surface area contributed by atoms with Gasteiger partial charge >= 0.3 is 6.18 Å². The lowest BCUT2D eigenvalue weighted by Crippen LogP contribution is -2.75. The number of nitrogens with zero attached hydrogens (tertiary/aromatic N) is 2. The molecule has 3 fully saturated rings. The van der Waals surface area contributed by atoms with Crippen molar-refractivity contribution < 1.29 is 36.6 Å². The number of hydrogen-bond acceptors (Lipinski definition) is 5. The lowest BCUT2D eigenvalue weighted by atomic mass is 9.38. The Kier molecular flexibility index (Phi) is 5.80. The summed E-state index contributed by atoms with van der Waals surface area (Å²) in [6.45, 7) is -0.642. The standard InChI is InChI=1S/C21H20ClF4N3O4/c1-29-18(5-16(28-29)21(24,25)26)33-7-12(30)6-19-9-20(10-19,11-19)27-17(31)8-32-13-2-3-14(22)15(23)4-13/h2-5H,6-11H2,1H3,(H,27,31). The second-order valence-electron chi connectivity index (χ2n) is 8.72. The summed E-state index contributed by atoms with van der Waals surface area (Å²) >= 11 is 5.60. The van der Waals surface area contributed by atoms with Gasteiger partial charge in [0.25, 0.3) is 5.91 Å². The Morgan fingerprint density at radius 1 is 1.18 bits per heavy atom. The minimum atomic E-state index is -4.59. The predicted molar refractivity (Wildman–Crippen MR) is 107 cm³/mol. The quantitative estimate of drug-likeness (QED) is 0.543. The third-order valence-corrected chi connectivity index (χ3v) is 6.19. The van der Waals surface area contributed by atoms with Crippen LogP contribution in [0.15, 0.2) is 24.3 Å². The number of Topliss-reactive ketones (excluding diaryl/α,β-unsaturated/α-hetero) is 1. The lowest BCUT2D eigenvalue weighted by Gasteiger charge is -2.70. The molecule has 2 aromatic rings. The van der Waals surface area contributed by atoms with Crippen molar-refractivity contribution >= 4 is 23.3 Å². The first kappa shape index (κ1) is 23.3. The van der Waals surface area contributed by atoms with Gasteiger partial charge in [-0.25, -0.2) is 9.07 Å². The van der Waals surface area contributed by atoms with Gasteiger partial charge in [-0.1, -0.05) is 11.6 Å². The van der Waals surface area contributed by atoms with E-state index in [2.05, 4.69) is 10.4 Å². The molecule has 3 aliphatic carbocycles. The topological polar surface area (TPSA) is 82.5 Å². The van der Waals surface area contributed by atoms with Crippen LogP contribution in [0.2, 0.25) is 5.02 Å². The Labute approximate surface area is 191 Å². The van der Waals surface area contributed by atoms with Gasteiger partial charge in [-0.3, -0.25) is 9.59 Å². The molecule has 3 aliphatic rings. The summed E-state index contributed by atoms with van der Waals surface area (Å²) in [4.78, 5) is 24.4. The second kappa shape index (κ2) is 8.19. The molecule has 5 rings (SSSR count). The number of aryl methyl sites for hydroxylation is 1. The number of carbonyl (C=O) groups is 2. The SMILES string of the molecule is Cn1nc(C(F)(F)F)cc1OCC(=O)CC12CC(NC(=O)COc3ccc(Cl)c(F)c3)(C1)C2. The van der Waals surface area contributed by atoms with Crippen LogP contribution < -0.4 is 14.8 Å². The summed E-state index contributed by atoms with van der Waals surface area (Å²) in [5.41, 5.74) is -1.69. The maximum absolute atomic E-state index is 13.4. The van der Waals surface area contributed by atoms with Crippen molar-refractivity contribution in [3.63, 3.8) is 0 Å². The van der Waals surface area contributed by atoms with Gasteiger partial charge in [0.05, 0.1) is 5.02 Å². The number of ketones is 1. The normalized spacial score (nSPS) is 23.3. The van der Waals surface area contributed by atoms with Crippen LogP contribution in [0.4, 0.5) is 17.6 Å². The third-order valence-electron chi connectivity index (χ3n) is 5.89. The molecule has 0 spiro atoms. The smallest absolute Gasteiger partial charge is 0.435 e. The molecule has 0 unspecified atom stereocenters. The van der Waals surface area contributed by atoms with E-state index in [1.165, 1.54) is 19.2 Å². The van der Waals surface area contributed by atoms with Crippen molar-refractivity contribution in [3.8, 4) is 11.6 Å². The van der Waals surface area contributed by atoms with E-state index >= 15 is 0 Å². The van der Waals surface area contributed by atoms with E-state index in [4.69, 9.17) is 21.1 Å². The fraction of sp³-hybridized carbons (Fsp3) is 0.476. The number of benzene rings is 1.